The molecular formula is C16H14N4O3. The van der Waals surface area contributed by atoms with Crippen LogP contribution in [-0.2, 0) is 17.9 Å². The molecule has 23 heavy (non-hydrogen) atoms. The van der Waals surface area contributed by atoms with Crippen molar-refractivity contribution in [1.82, 2.24) is 19.9 Å². The third kappa shape index (κ3) is 3.70. The second-order valence-electron chi connectivity index (χ2n) is 4.86. The average molecular weight is 310 g/mol. The number of amides is 1. The number of carbonyl (C=O) groups is 1. The molecule has 116 valence electrons. The van der Waals surface area contributed by atoms with Crippen LogP contribution in [0.3, 0.4) is 0 Å². The fourth-order valence-electron chi connectivity index (χ4n) is 2.02. The van der Waals surface area contributed by atoms with E-state index in [9.17, 15) is 9.59 Å². The van der Waals surface area contributed by atoms with Crippen molar-refractivity contribution in [2.45, 2.75) is 13.1 Å². The van der Waals surface area contributed by atoms with Gasteiger partial charge < -0.3 is 9.73 Å². The van der Waals surface area contributed by atoms with E-state index in [1.807, 2.05) is 6.07 Å². The van der Waals surface area contributed by atoms with Crippen LogP contribution in [-0.4, -0.2) is 20.4 Å². The third-order valence-electron chi connectivity index (χ3n) is 3.18. The molecule has 3 aromatic heterocycles. The molecule has 0 saturated heterocycles. The standard InChI is InChI=1S/C16H14N4O3/c21-15(18-9-12-3-1-5-17-8-12)10-20-11-19-13(7-16(20)22)14-4-2-6-23-14/h1-8,11H,9-10H2,(H,18,21). The van der Waals surface area contributed by atoms with Gasteiger partial charge in [0.2, 0.25) is 5.91 Å². The summed E-state index contributed by atoms with van der Waals surface area (Å²) in [5.74, 6) is 0.235. The highest BCUT2D eigenvalue weighted by atomic mass is 16.3. The highest BCUT2D eigenvalue weighted by Crippen LogP contribution is 2.14. The van der Waals surface area contributed by atoms with Crippen molar-refractivity contribution in [2.75, 3.05) is 0 Å². The highest BCUT2D eigenvalue weighted by molar-refractivity contribution is 5.75. The molecule has 0 radical (unpaired) electrons. The molecule has 1 N–H and O–H groups in total. The van der Waals surface area contributed by atoms with Crippen LogP contribution in [0.2, 0.25) is 0 Å². The van der Waals surface area contributed by atoms with Crippen molar-refractivity contribution in [3.63, 3.8) is 0 Å². The van der Waals surface area contributed by atoms with Gasteiger partial charge in [0.15, 0.2) is 5.76 Å². The minimum atomic E-state index is -0.317. The Labute approximate surface area is 131 Å². The number of pyridine rings is 1. The molecule has 0 aromatic carbocycles. The van der Waals surface area contributed by atoms with Crippen LogP contribution in [0.15, 0.2) is 64.5 Å². The first-order valence-electron chi connectivity index (χ1n) is 6.98. The molecule has 0 unspecified atom stereocenters. The molecule has 7 heteroatoms. The van der Waals surface area contributed by atoms with E-state index >= 15 is 0 Å². The summed E-state index contributed by atoms with van der Waals surface area (Å²) in [5, 5.41) is 2.73. The molecule has 0 fully saturated rings. The van der Waals surface area contributed by atoms with Gasteiger partial charge in [-0.3, -0.25) is 19.1 Å². The predicted molar refractivity (Wildman–Crippen MR) is 82.3 cm³/mol. The summed E-state index contributed by atoms with van der Waals surface area (Å²) in [6, 6.07) is 8.43. The van der Waals surface area contributed by atoms with Crippen molar-refractivity contribution in [1.29, 1.82) is 0 Å². The molecule has 3 aromatic rings. The maximum atomic E-state index is 12.0. The van der Waals surface area contributed by atoms with Gasteiger partial charge in [-0.1, -0.05) is 6.07 Å². The Bertz CT molecular complexity index is 841. The summed E-state index contributed by atoms with van der Waals surface area (Å²) in [5.41, 5.74) is 1.01. The first-order valence-corrected chi connectivity index (χ1v) is 6.98. The van der Waals surface area contributed by atoms with Gasteiger partial charge in [-0.15, -0.1) is 0 Å². The topological polar surface area (TPSA) is 90.0 Å². The van der Waals surface area contributed by atoms with E-state index in [0.29, 0.717) is 18.0 Å². The largest absolute Gasteiger partial charge is 0.463 e. The molecule has 0 bridgehead atoms. The van der Waals surface area contributed by atoms with E-state index in [2.05, 4.69) is 15.3 Å². The molecule has 0 spiro atoms. The molecule has 7 nitrogen and oxygen atoms in total. The first kappa shape index (κ1) is 14.7. The SMILES string of the molecule is O=C(Cn1cnc(-c2ccco2)cc1=O)NCc1cccnc1. The van der Waals surface area contributed by atoms with Crippen molar-refractivity contribution in [3.05, 3.63) is 71.2 Å². The molecule has 0 saturated carbocycles. The Morgan fingerprint density at radius 1 is 1.30 bits per heavy atom. The van der Waals surface area contributed by atoms with Crippen molar-refractivity contribution < 1.29 is 9.21 Å². The quantitative estimate of drug-likeness (QED) is 0.765. The van der Waals surface area contributed by atoms with Crippen LogP contribution in [0, 0.1) is 0 Å². The summed E-state index contributed by atoms with van der Waals surface area (Å²) in [4.78, 5) is 32.1. The first-order chi connectivity index (χ1) is 11.2. The molecule has 3 heterocycles. The third-order valence-corrected chi connectivity index (χ3v) is 3.18. The van der Waals surface area contributed by atoms with Gasteiger partial charge in [-0.05, 0) is 23.8 Å². The van der Waals surface area contributed by atoms with Crippen LogP contribution in [0.1, 0.15) is 5.56 Å². The lowest BCUT2D eigenvalue weighted by molar-refractivity contribution is -0.121. The number of hydrogen-bond donors (Lipinski definition) is 1. The number of nitrogens with one attached hydrogen (secondary N) is 1. The Kier molecular flexibility index (Phi) is 4.28. The second-order valence-corrected chi connectivity index (χ2v) is 4.86. The van der Waals surface area contributed by atoms with Gasteiger partial charge >= 0.3 is 0 Å². The zero-order valence-electron chi connectivity index (χ0n) is 12.2. The van der Waals surface area contributed by atoms with Gasteiger partial charge in [0, 0.05) is 25.0 Å². The van der Waals surface area contributed by atoms with E-state index in [-0.39, 0.29) is 18.0 Å². The minimum absolute atomic E-state index is 0.0927. The van der Waals surface area contributed by atoms with Crippen molar-refractivity contribution in [2.24, 2.45) is 0 Å². The van der Waals surface area contributed by atoms with E-state index in [1.165, 1.54) is 23.2 Å². The molecular weight excluding hydrogens is 296 g/mol. The fraction of sp³-hybridized carbons (Fsp3) is 0.125. The number of aromatic nitrogens is 3. The Hall–Kier alpha value is -3.22. The van der Waals surface area contributed by atoms with E-state index in [1.54, 1.807) is 30.6 Å². The number of furan rings is 1. The molecule has 0 atom stereocenters. The lowest BCUT2D eigenvalue weighted by atomic mass is 10.3. The van der Waals surface area contributed by atoms with Crippen LogP contribution in [0.25, 0.3) is 11.5 Å². The summed E-state index contributed by atoms with van der Waals surface area (Å²) in [6.07, 6.45) is 6.18. The second kappa shape index (κ2) is 6.69. The Morgan fingerprint density at radius 3 is 2.91 bits per heavy atom. The van der Waals surface area contributed by atoms with Gasteiger partial charge in [0.25, 0.3) is 5.56 Å². The van der Waals surface area contributed by atoms with Gasteiger partial charge in [0.05, 0.1) is 12.6 Å². The van der Waals surface area contributed by atoms with Gasteiger partial charge in [-0.25, -0.2) is 4.98 Å². The Balaban J connectivity index is 1.63. The predicted octanol–water partition coefficient (Wildman–Crippen LogP) is 1.21. The maximum absolute atomic E-state index is 12.0. The fourth-order valence-corrected chi connectivity index (χ4v) is 2.02. The van der Waals surface area contributed by atoms with Crippen LogP contribution in [0.5, 0.6) is 0 Å². The van der Waals surface area contributed by atoms with Crippen LogP contribution in [0.4, 0.5) is 0 Å². The zero-order valence-corrected chi connectivity index (χ0v) is 12.2. The number of nitrogens with zero attached hydrogens (tertiary/aromatic N) is 3. The molecule has 0 aliphatic rings. The smallest absolute Gasteiger partial charge is 0.254 e. The number of carbonyl (C=O) groups excluding carboxylic acids is 1. The molecule has 0 aliphatic heterocycles. The lowest BCUT2D eigenvalue weighted by Crippen LogP contribution is -2.31. The number of rotatable bonds is 5. The maximum Gasteiger partial charge on any atom is 0.254 e. The molecule has 1 amide bonds. The summed E-state index contributed by atoms with van der Waals surface area (Å²) >= 11 is 0. The van der Waals surface area contributed by atoms with Gasteiger partial charge in [-0.2, -0.15) is 0 Å². The lowest BCUT2D eigenvalue weighted by Gasteiger charge is -2.07. The van der Waals surface area contributed by atoms with E-state index in [0.717, 1.165) is 5.56 Å². The van der Waals surface area contributed by atoms with Crippen molar-refractivity contribution in [3.8, 4) is 11.5 Å². The zero-order chi connectivity index (χ0) is 16.1. The van der Waals surface area contributed by atoms with Crippen molar-refractivity contribution >= 4 is 5.91 Å². The van der Waals surface area contributed by atoms with E-state index in [4.69, 9.17) is 4.42 Å². The Morgan fingerprint density at radius 2 is 2.22 bits per heavy atom. The molecule has 3 rings (SSSR count). The summed E-state index contributed by atoms with van der Waals surface area (Å²) in [6.45, 7) is 0.268. The number of hydrogen-bond acceptors (Lipinski definition) is 5. The summed E-state index contributed by atoms with van der Waals surface area (Å²) < 4.78 is 6.43. The monoisotopic (exact) mass is 310 g/mol. The average Bonchev–Trinajstić information content (AvgIpc) is 3.10. The summed E-state index contributed by atoms with van der Waals surface area (Å²) in [7, 11) is 0. The normalized spacial score (nSPS) is 10.4. The highest BCUT2D eigenvalue weighted by Gasteiger charge is 2.08. The van der Waals surface area contributed by atoms with Crippen LogP contribution < -0.4 is 10.9 Å². The minimum Gasteiger partial charge on any atom is -0.463 e. The molecule has 0 aliphatic carbocycles. The van der Waals surface area contributed by atoms with Gasteiger partial charge in [0.1, 0.15) is 12.2 Å². The van der Waals surface area contributed by atoms with E-state index < -0.39 is 0 Å². The van der Waals surface area contributed by atoms with Crippen LogP contribution >= 0.6 is 0 Å².